The topological polar surface area (TPSA) is 68.8 Å². The van der Waals surface area contributed by atoms with Gasteiger partial charge in [-0.15, -0.1) is 0 Å². The number of nitrogens with one attached hydrogen (secondary N) is 2. The minimum atomic E-state index is -0.523. The molecule has 2 N–H and O–H groups in total. The maximum absolute atomic E-state index is 12.3. The van der Waals surface area contributed by atoms with Crippen molar-refractivity contribution >= 4 is 34.9 Å². The molecule has 23 heavy (non-hydrogen) atoms. The van der Waals surface area contributed by atoms with E-state index in [9.17, 15) is 4.79 Å². The van der Waals surface area contributed by atoms with Crippen LogP contribution in [0.1, 0.15) is 25.5 Å². The Morgan fingerprint density at radius 2 is 2.13 bits per heavy atom. The first-order chi connectivity index (χ1) is 11.0. The van der Waals surface area contributed by atoms with Gasteiger partial charge in [0, 0.05) is 17.3 Å². The van der Waals surface area contributed by atoms with Gasteiger partial charge in [-0.25, -0.2) is 4.79 Å². The van der Waals surface area contributed by atoms with E-state index in [0.717, 1.165) is 0 Å². The highest BCUT2D eigenvalue weighted by molar-refractivity contribution is 7.80. The van der Waals surface area contributed by atoms with Crippen molar-refractivity contribution in [3.05, 3.63) is 34.0 Å². The Bertz CT molecular complexity index is 720. The number of hydrogen-bond acceptors (Lipinski definition) is 5. The molecule has 0 spiro atoms. The average molecular weight is 355 g/mol. The molecule has 0 aliphatic carbocycles. The highest BCUT2D eigenvalue weighted by Gasteiger charge is 2.33. The summed E-state index contributed by atoms with van der Waals surface area (Å²) in [5, 5.41) is 6.87. The van der Waals surface area contributed by atoms with Crippen molar-refractivity contribution in [1.82, 2.24) is 10.6 Å². The van der Waals surface area contributed by atoms with Crippen LogP contribution in [0.25, 0.3) is 0 Å². The third kappa shape index (κ3) is 2.94. The van der Waals surface area contributed by atoms with Crippen LogP contribution in [-0.4, -0.2) is 24.5 Å². The first-order valence-corrected chi connectivity index (χ1v) is 7.84. The van der Waals surface area contributed by atoms with Crippen LogP contribution in [0.3, 0.4) is 0 Å². The molecule has 0 radical (unpaired) electrons. The van der Waals surface area contributed by atoms with E-state index in [1.54, 1.807) is 26.0 Å². The summed E-state index contributed by atoms with van der Waals surface area (Å²) in [5.74, 6) is 0.733. The maximum Gasteiger partial charge on any atom is 0.338 e. The number of esters is 1. The zero-order chi connectivity index (χ0) is 16.6. The average Bonchev–Trinajstić information content (AvgIpc) is 2.92. The highest BCUT2D eigenvalue weighted by atomic mass is 35.5. The van der Waals surface area contributed by atoms with Gasteiger partial charge in [-0.3, -0.25) is 0 Å². The lowest BCUT2D eigenvalue weighted by atomic mass is 9.95. The number of benzene rings is 1. The molecular formula is C15H15ClN2O4S. The largest absolute Gasteiger partial charge is 0.463 e. The Balaban J connectivity index is 2.07. The number of thiocarbonyl (C=S) groups is 1. The molecule has 2 heterocycles. The molecule has 3 rings (SSSR count). The van der Waals surface area contributed by atoms with E-state index in [0.29, 0.717) is 38.5 Å². The van der Waals surface area contributed by atoms with E-state index >= 15 is 0 Å². The summed E-state index contributed by atoms with van der Waals surface area (Å²) in [7, 11) is 0. The fourth-order valence-corrected chi connectivity index (χ4v) is 3.09. The molecule has 2 aliphatic heterocycles. The monoisotopic (exact) mass is 354 g/mol. The number of fused-ring (bicyclic) bond motifs is 1. The normalized spacial score (nSPS) is 19.3. The van der Waals surface area contributed by atoms with Crippen molar-refractivity contribution in [3.8, 4) is 11.5 Å². The van der Waals surface area contributed by atoms with Gasteiger partial charge in [0.1, 0.15) is 0 Å². The van der Waals surface area contributed by atoms with Gasteiger partial charge in [-0.1, -0.05) is 11.6 Å². The van der Waals surface area contributed by atoms with Gasteiger partial charge in [0.05, 0.1) is 23.2 Å². The highest BCUT2D eigenvalue weighted by Crippen LogP contribution is 2.41. The summed E-state index contributed by atoms with van der Waals surface area (Å²) in [4.78, 5) is 12.3. The van der Waals surface area contributed by atoms with Crippen LogP contribution in [0.4, 0.5) is 0 Å². The number of hydrogen-bond donors (Lipinski definition) is 2. The number of carbonyl (C=O) groups is 1. The molecule has 0 saturated carbocycles. The Hall–Kier alpha value is -1.99. The summed E-state index contributed by atoms with van der Waals surface area (Å²) in [5.41, 5.74) is 1.73. The van der Waals surface area contributed by atoms with Crippen LogP contribution >= 0.6 is 23.8 Å². The molecule has 0 saturated heterocycles. The molecule has 0 unspecified atom stereocenters. The predicted molar refractivity (Wildman–Crippen MR) is 88.5 cm³/mol. The van der Waals surface area contributed by atoms with E-state index in [1.807, 2.05) is 0 Å². The summed E-state index contributed by atoms with van der Waals surface area (Å²) in [6.45, 7) is 3.95. The second-order valence-electron chi connectivity index (χ2n) is 5.02. The zero-order valence-corrected chi connectivity index (χ0v) is 14.1. The van der Waals surface area contributed by atoms with E-state index in [2.05, 4.69) is 10.6 Å². The van der Waals surface area contributed by atoms with Crippen LogP contribution in [0.5, 0.6) is 11.5 Å². The number of halogens is 1. The maximum atomic E-state index is 12.3. The van der Waals surface area contributed by atoms with Gasteiger partial charge >= 0.3 is 5.97 Å². The van der Waals surface area contributed by atoms with E-state index < -0.39 is 12.0 Å². The van der Waals surface area contributed by atoms with Gasteiger partial charge in [0.2, 0.25) is 6.79 Å². The van der Waals surface area contributed by atoms with Crippen molar-refractivity contribution in [2.75, 3.05) is 13.4 Å². The molecule has 0 fully saturated rings. The Morgan fingerprint density at radius 1 is 1.43 bits per heavy atom. The van der Waals surface area contributed by atoms with Gasteiger partial charge in [0.15, 0.2) is 16.6 Å². The lowest BCUT2D eigenvalue weighted by molar-refractivity contribution is -0.139. The SMILES string of the molecule is CCOC(=O)C1=C(C)NC(=S)N[C@H]1c1cc2c(cc1Cl)OCO2. The predicted octanol–water partition coefficient (Wildman–Crippen LogP) is 2.42. The van der Waals surface area contributed by atoms with Gasteiger partial charge in [0.25, 0.3) is 0 Å². The lowest BCUT2D eigenvalue weighted by Gasteiger charge is -2.30. The van der Waals surface area contributed by atoms with Crippen LogP contribution < -0.4 is 20.1 Å². The first-order valence-electron chi connectivity index (χ1n) is 7.05. The molecule has 1 atom stereocenters. The molecule has 0 amide bonds. The van der Waals surface area contributed by atoms with Crippen LogP contribution in [0.15, 0.2) is 23.4 Å². The first kappa shape index (κ1) is 15.9. The van der Waals surface area contributed by atoms with Gasteiger partial charge in [-0.05, 0) is 32.1 Å². The molecule has 122 valence electrons. The van der Waals surface area contributed by atoms with Crippen molar-refractivity contribution in [2.45, 2.75) is 19.9 Å². The minimum Gasteiger partial charge on any atom is -0.463 e. The van der Waals surface area contributed by atoms with E-state index in [4.69, 9.17) is 38.0 Å². The third-order valence-electron chi connectivity index (χ3n) is 3.57. The van der Waals surface area contributed by atoms with Crippen molar-refractivity contribution in [3.63, 3.8) is 0 Å². The molecule has 0 aromatic heterocycles. The summed E-state index contributed by atoms with van der Waals surface area (Å²) >= 11 is 11.6. The van der Waals surface area contributed by atoms with Crippen molar-refractivity contribution < 1.29 is 19.0 Å². The van der Waals surface area contributed by atoms with Crippen LogP contribution in [-0.2, 0) is 9.53 Å². The van der Waals surface area contributed by atoms with E-state index in [1.165, 1.54) is 0 Å². The number of carbonyl (C=O) groups excluding carboxylic acids is 1. The summed E-state index contributed by atoms with van der Waals surface area (Å²) in [6.07, 6.45) is 0. The molecule has 2 aliphatic rings. The third-order valence-corrected chi connectivity index (χ3v) is 4.11. The molecular weight excluding hydrogens is 340 g/mol. The molecule has 8 heteroatoms. The van der Waals surface area contributed by atoms with Crippen LogP contribution in [0.2, 0.25) is 5.02 Å². The smallest absolute Gasteiger partial charge is 0.338 e. The molecule has 1 aromatic carbocycles. The van der Waals surface area contributed by atoms with Gasteiger partial charge in [-0.2, -0.15) is 0 Å². The molecule has 6 nitrogen and oxygen atoms in total. The number of rotatable bonds is 3. The zero-order valence-electron chi connectivity index (χ0n) is 12.6. The Morgan fingerprint density at radius 3 is 2.83 bits per heavy atom. The minimum absolute atomic E-state index is 0.146. The standard InChI is InChI=1S/C15H15ClN2O4S/c1-3-20-14(19)12-7(2)17-15(23)18-13(12)8-4-10-11(5-9(8)16)22-6-21-10/h4-5,13H,3,6H2,1-2H3,(H2,17,18,23)/t13-/m0/s1. The van der Waals surface area contributed by atoms with Crippen molar-refractivity contribution in [2.24, 2.45) is 0 Å². The van der Waals surface area contributed by atoms with Gasteiger partial charge < -0.3 is 24.8 Å². The van der Waals surface area contributed by atoms with Crippen LogP contribution in [0, 0.1) is 0 Å². The molecule has 0 bridgehead atoms. The Kier molecular flexibility index (Phi) is 4.32. The lowest BCUT2D eigenvalue weighted by Crippen LogP contribution is -2.45. The summed E-state index contributed by atoms with van der Waals surface area (Å²) < 4.78 is 15.9. The quantitative estimate of drug-likeness (QED) is 0.638. The number of ether oxygens (including phenoxy) is 3. The fourth-order valence-electron chi connectivity index (χ4n) is 2.56. The molecule has 1 aromatic rings. The number of allylic oxidation sites excluding steroid dienone is 1. The summed E-state index contributed by atoms with van der Waals surface area (Å²) in [6, 6.07) is 2.90. The second-order valence-corrected chi connectivity index (χ2v) is 5.83. The van der Waals surface area contributed by atoms with E-state index in [-0.39, 0.29) is 13.4 Å². The fraction of sp³-hybridized carbons (Fsp3) is 0.333. The second kappa shape index (κ2) is 6.25. The Labute approximate surface area is 143 Å². The van der Waals surface area contributed by atoms with Crippen molar-refractivity contribution in [1.29, 1.82) is 0 Å².